The van der Waals surface area contributed by atoms with Crippen LogP contribution in [0.4, 0.5) is 34.1 Å². The molecule has 0 spiro atoms. The monoisotopic (exact) mass is 1340 g/mol. The minimum absolute atomic E-state index is 1.09. The summed E-state index contributed by atoms with van der Waals surface area (Å²) in [5.41, 5.74) is 21.2. The van der Waals surface area contributed by atoms with Crippen LogP contribution < -0.4 is 9.80 Å². The fraction of sp³-hybridized carbons (Fsp3) is 0. The zero-order valence-electron chi connectivity index (χ0n) is 54.8. The topological polar surface area (TPSA) is 6.48 Å². The van der Waals surface area contributed by atoms with Crippen molar-refractivity contribution in [2.24, 2.45) is 0 Å². The third-order valence-corrected chi connectivity index (χ3v) is 24.0. The number of fused-ring (bicyclic) bond motifs is 15. The van der Waals surface area contributed by atoms with Gasteiger partial charge in [0, 0.05) is 94.6 Å². The molecule has 0 amide bonds. The Kier molecular flexibility index (Phi) is 14.2. The number of nitrogens with zero attached hydrogens (tertiary/aromatic N) is 2. The zero-order chi connectivity index (χ0) is 66.5. The number of rotatable bonds is 12. The van der Waals surface area contributed by atoms with E-state index in [9.17, 15) is 0 Å². The molecule has 5 heteroatoms. The first-order chi connectivity index (χ1) is 50.0. The smallest absolute Gasteiger partial charge is 0.0468 e. The molecule has 0 unspecified atom stereocenters. The van der Waals surface area contributed by atoms with E-state index in [0.717, 1.165) is 34.1 Å². The zero-order valence-corrected chi connectivity index (χ0v) is 57.2. The van der Waals surface area contributed by atoms with Gasteiger partial charge in [0.15, 0.2) is 0 Å². The van der Waals surface area contributed by atoms with Crippen LogP contribution in [-0.2, 0) is 0 Å². The van der Waals surface area contributed by atoms with Crippen molar-refractivity contribution < 1.29 is 0 Å². The lowest BCUT2D eigenvalue weighted by molar-refractivity contribution is 1.30. The summed E-state index contributed by atoms with van der Waals surface area (Å²) in [6.07, 6.45) is 0. The molecular formula is C96H60N2S3. The number of hydrogen-bond donors (Lipinski definition) is 0. The normalized spacial score (nSPS) is 11.8. The number of benzene rings is 17. The number of hydrogen-bond acceptors (Lipinski definition) is 5. The molecule has 3 heterocycles. The highest BCUT2D eigenvalue weighted by molar-refractivity contribution is 7.27. The lowest BCUT2D eigenvalue weighted by Gasteiger charge is -2.26. The van der Waals surface area contributed by atoms with Crippen LogP contribution >= 0.6 is 34.0 Å². The van der Waals surface area contributed by atoms with Gasteiger partial charge in [0.25, 0.3) is 0 Å². The van der Waals surface area contributed by atoms with Crippen LogP contribution in [-0.4, -0.2) is 0 Å². The number of thiophene rings is 3. The minimum atomic E-state index is 1.09. The molecule has 0 saturated heterocycles. The second kappa shape index (κ2) is 24.3. The Morgan fingerprint density at radius 2 is 0.426 bits per heavy atom. The van der Waals surface area contributed by atoms with Gasteiger partial charge in [-0.1, -0.05) is 261 Å². The van der Waals surface area contributed by atoms with Crippen molar-refractivity contribution in [1.29, 1.82) is 0 Å². The van der Waals surface area contributed by atoms with Crippen LogP contribution in [0.5, 0.6) is 0 Å². The first-order valence-corrected chi connectivity index (χ1v) is 36.9. The van der Waals surface area contributed by atoms with Crippen molar-refractivity contribution >= 4 is 161 Å². The van der Waals surface area contributed by atoms with E-state index in [4.69, 9.17) is 0 Å². The third kappa shape index (κ3) is 10.3. The summed E-state index contributed by atoms with van der Waals surface area (Å²) in [4.78, 5) is 4.92. The Bertz CT molecular complexity index is 6580. The van der Waals surface area contributed by atoms with E-state index < -0.39 is 0 Å². The van der Waals surface area contributed by atoms with Gasteiger partial charge in [0.2, 0.25) is 0 Å². The quantitative estimate of drug-likeness (QED) is 0.113. The Labute approximate surface area is 597 Å². The van der Waals surface area contributed by atoms with E-state index in [1.165, 1.54) is 160 Å². The van der Waals surface area contributed by atoms with Crippen molar-refractivity contribution in [3.63, 3.8) is 0 Å². The summed E-state index contributed by atoms with van der Waals surface area (Å²) in [6.45, 7) is 0. The van der Waals surface area contributed by atoms with Crippen LogP contribution in [0.1, 0.15) is 0 Å². The first kappa shape index (κ1) is 58.9. The molecule has 0 saturated carbocycles. The lowest BCUT2D eigenvalue weighted by atomic mass is 9.92. The van der Waals surface area contributed by atoms with Crippen LogP contribution in [0, 0.1) is 0 Å². The molecule has 101 heavy (non-hydrogen) atoms. The molecule has 0 fully saturated rings. The molecule has 0 bridgehead atoms. The van der Waals surface area contributed by atoms with Gasteiger partial charge in [0.1, 0.15) is 0 Å². The Morgan fingerprint density at radius 3 is 0.842 bits per heavy atom. The summed E-state index contributed by atoms with van der Waals surface area (Å²) in [7, 11) is 0. The van der Waals surface area contributed by atoms with E-state index in [1.54, 1.807) is 0 Å². The summed E-state index contributed by atoms with van der Waals surface area (Å²) in [6, 6.07) is 135. The van der Waals surface area contributed by atoms with Gasteiger partial charge in [-0.25, -0.2) is 0 Å². The second-order valence-electron chi connectivity index (χ2n) is 26.3. The first-order valence-electron chi connectivity index (χ1n) is 34.4. The van der Waals surface area contributed by atoms with Crippen molar-refractivity contribution in [3.8, 4) is 66.8 Å². The molecule has 3 aromatic heterocycles. The Morgan fingerprint density at radius 1 is 0.149 bits per heavy atom. The average molecular weight is 1340 g/mol. The van der Waals surface area contributed by atoms with Gasteiger partial charge in [0.05, 0.1) is 0 Å². The Hall–Kier alpha value is -12.2. The summed E-state index contributed by atoms with van der Waals surface area (Å²) < 4.78 is 7.69. The fourth-order valence-corrected chi connectivity index (χ4v) is 19.0. The van der Waals surface area contributed by atoms with E-state index in [2.05, 4.69) is 374 Å². The fourth-order valence-electron chi connectivity index (χ4n) is 15.5. The molecule has 2 nitrogen and oxygen atoms in total. The molecule has 20 rings (SSSR count). The SMILES string of the molecule is c1ccc(-c2ccc(-c3ccc(N(c4ccc5sc6cc7c8ccc(N(c9ccc(-c%10ccc(-c%11ccccc%11)cc%10)cc9)c9ccc%10sc%11c(-c%12ccccc%12)cccc%11c%10c9)cc8c8ccccc8c7cc6c5c4)c4ccc5sc6c(-c7ccccc7)cccc6c5c4)cc3)cc2)cc1. The maximum absolute atomic E-state index is 2.49. The van der Waals surface area contributed by atoms with Gasteiger partial charge < -0.3 is 9.80 Å². The van der Waals surface area contributed by atoms with Crippen molar-refractivity contribution in [1.82, 2.24) is 0 Å². The largest absolute Gasteiger partial charge is 0.310 e. The van der Waals surface area contributed by atoms with Gasteiger partial charge in [-0.2, -0.15) is 0 Å². The van der Waals surface area contributed by atoms with Gasteiger partial charge in [-0.05, 0) is 202 Å². The predicted molar refractivity (Wildman–Crippen MR) is 440 cm³/mol. The standard InChI is InChI=1S/C96H60N2S3/c1-5-17-61(18-6-1)63-31-35-65(36-32-63)67-39-43-71(44-40-67)97(74-49-53-92-87(56-74)82-29-15-27-77(95(82)100-92)69-21-9-3-10-22-69)73-47-51-81-84(55-73)79-25-13-14-26-80(79)85-59-90-89-58-76(48-52-91(89)99-94(90)60-86(81)85)98(72-45-41-68(42-46-72)66-37-33-64(34-38-66)62-19-7-2-8-20-62)75-50-54-93-88(57-75)83-30-16-28-78(96(83)101-93)70-23-11-4-12-24-70/h1-60H. The van der Waals surface area contributed by atoms with Crippen LogP contribution in [0.25, 0.3) is 160 Å². The molecule has 20 aromatic rings. The number of anilines is 6. The molecule has 0 atom stereocenters. The Balaban J connectivity index is 0.715. The maximum atomic E-state index is 2.49. The third-order valence-electron chi connectivity index (χ3n) is 20.5. The van der Waals surface area contributed by atoms with Crippen molar-refractivity contribution in [3.05, 3.63) is 364 Å². The van der Waals surface area contributed by atoms with Crippen molar-refractivity contribution in [2.75, 3.05) is 9.80 Å². The summed E-state index contributed by atoms with van der Waals surface area (Å²) >= 11 is 5.65. The van der Waals surface area contributed by atoms with Gasteiger partial charge >= 0.3 is 0 Å². The highest BCUT2D eigenvalue weighted by atomic mass is 32.1. The molecule has 0 radical (unpaired) electrons. The van der Waals surface area contributed by atoms with Crippen LogP contribution in [0.15, 0.2) is 364 Å². The molecule has 0 aliphatic heterocycles. The van der Waals surface area contributed by atoms with Gasteiger partial charge in [-0.15, -0.1) is 34.0 Å². The molecular weight excluding hydrogens is 1280 g/mol. The highest BCUT2D eigenvalue weighted by Crippen LogP contribution is 2.50. The minimum Gasteiger partial charge on any atom is -0.310 e. The second-order valence-corrected chi connectivity index (χ2v) is 29.5. The summed E-state index contributed by atoms with van der Waals surface area (Å²) in [5.74, 6) is 0. The van der Waals surface area contributed by atoms with Crippen LogP contribution in [0.3, 0.4) is 0 Å². The van der Waals surface area contributed by atoms with E-state index in [-0.39, 0.29) is 0 Å². The lowest BCUT2D eigenvalue weighted by Crippen LogP contribution is -2.10. The van der Waals surface area contributed by atoms with E-state index in [0.29, 0.717) is 0 Å². The predicted octanol–water partition coefficient (Wildman–Crippen LogP) is 29.2. The average Bonchev–Trinajstić information content (AvgIpc) is 1.70. The van der Waals surface area contributed by atoms with Crippen LogP contribution in [0.2, 0.25) is 0 Å². The van der Waals surface area contributed by atoms with Crippen molar-refractivity contribution in [2.45, 2.75) is 0 Å². The van der Waals surface area contributed by atoms with E-state index in [1.807, 2.05) is 34.0 Å². The molecule has 0 N–H and O–H groups in total. The maximum Gasteiger partial charge on any atom is 0.0468 e. The molecule has 17 aromatic carbocycles. The molecule has 0 aliphatic carbocycles. The van der Waals surface area contributed by atoms with E-state index >= 15 is 0 Å². The summed E-state index contributed by atoms with van der Waals surface area (Å²) in [5, 5.41) is 15.0. The highest BCUT2D eigenvalue weighted by Gasteiger charge is 2.23. The van der Waals surface area contributed by atoms with Gasteiger partial charge in [-0.3, -0.25) is 0 Å². The molecule has 0 aliphatic rings. The molecule has 472 valence electrons.